The average Bonchev–Trinajstić information content (AvgIpc) is 3.19. The Balaban J connectivity index is 1.93. The van der Waals surface area contributed by atoms with Gasteiger partial charge in [-0.3, -0.25) is 4.98 Å². The molecule has 0 saturated carbocycles. The van der Waals surface area contributed by atoms with E-state index in [4.69, 9.17) is 17.3 Å². The summed E-state index contributed by atoms with van der Waals surface area (Å²) in [4.78, 5) is 4.12. The van der Waals surface area contributed by atoms with Crippen LogP contribution >= 0.6 is 11.6 Å². The van der Waals surface area contributed by atoms with Crippen LogP contribution < -0.4 is 11.1 Å². The zero-order valence-corrected chi connectivity index (χ0v) is 15.0. The van der Waals surface area contributed by atoms with E-state index in [2.05, 4.69) is 21.5 Å². The van der Waals surface area contributed by atoms with Gasteiger partial charge in [0, 0.05) is 35.1 Å². The monoisotopic (exact) mass is 374 g/mol. The molecule has 0 unspecified atom stereocenters. The lowest BCUT2D eigenvalue weighted by Crippen LogP contribution is -2.11. The normalized spacial score (nSPS) is 10.7. The molecule has 6 nitrogen and oxygen atoms in total. The van der Waals surface area contributed by atoms with Gasteiger partial charge >= 0.3 is 0 Å². The molecule has 4 aromatic rings. The summed E-state index contributed by atoms with van der Waals surface area (Å²) in [5.41, 5.74) is 10.3. The number of halogens is 1. The number of pyridine rings is 2. The van der Waals surface area contributed by atoms with Crippen molar-refractivity contribution in [3.63, 3.8) is 0 Å². The molecule has 0 aliphatic carbocycles. The van der Waals surface area contributed by atoms with E-state index in [-0.39, 0.29) is 0 Å². The van der Waals surface area contributed by atoms with E-state index in [0.29, 0.717) is 45.3 Å². The van der Waals surface area contributed by atoms with Gasteiger partial charge in [-0.1, -0.05) is 35.9 Å². The highest BCUT2D eigenvalue weighted by atomic mass is 35.5. The summed E-state index contributed by atoms with van der Waals surface area (Å²) in [7, 11) is 0. The second-order valence-electron chi connectivity index (χ2n) is 5.95. The third-order valence-electron chi connectivity index (χ3n) is 4.32. The van der Waals surface area contributed by atoms with Crippen LogP contribution in [0.2, 0.25) is 5.02 Å². The third kappa shape index (κ3) is 2.94. The molecule has 1 aromatic carbocycles. The first-order valence-corrected chi connectivity index (χ1v) is 8.65. The van der Waals surface area contributed by atoms with Crippen LogP contribution in [-0.2, 0) is 6.54 Å². The number of aromatic nitrogens is 3. The van der Waals surface area contributed by atoms with Crippen molar-refractivity contribution >= 4 is 28.6 Å². The van der Waals surface area contributed by atoms with Crippen LogP contribution in [-0.4, -0.2) is 14.6 Å². The standard InChI is InChI=1S/C20H15ClN6/c21-16-6-2-1-5-14(16)18-15(10-22)20(25-12-13-4-3-8-24-11-13)27-17(19(18)23)7-9-26-27/h1-9,11,25H,12,23H2. The summed E-state index contributed by atoms with van der Waals surface area (Å²) < 4.78 is 1.64. The first-order valence-electron chi connectivity index (χ1n) is 8.27. The lowest BCUT2D eigenvalue weighted by molar-refractivity contribution is 0.940. The maximum absolute atomic E-state index is 9.93. The van der Waals surface area contributed by atoms with E-state index in [9.17, 15) is 5.26 Å². The largest absolute Gasteiger partial charge is 0.396 e. The van der Waals surface area contributed by atoms with Crippen LogP contribution in [0.15, 0.2) is 61.1 Å². The topological polar surface area (TPSA) is 92.0 Å². The highest BCUT2D eigenvalue weighted by Gasteiger charge is 2.21. The first-order chi connectivity index (χ1) is 13.2. The van der Waals surface area contributed by atoms with Gasteiger partial charge in [-0.15, -0.1) is 0 Å². The molecular weight excluding hydrogens is 360 g/mol. The molecule has 0 fully saturated rings. The van der Waals surface area contributed by atoms with Crippen molar-refractivity contribution in [1.82, 2.24) is 14.6 Å². The Kier molecular flexibility index (Phi) is 4.37. The van der Waals surface area contributed by atoms with Gasteiger partial charge in [-0.05, 0) is 23.8 Å². The van der Waals surface area contributed by atoms with Crippen LogP contribution in [0.4, 0.5) is 11.5 Å². The van der Waals surface area contributed by atoms with E-state index in [1.54, 1.807) is 29.2 Å². The van der Waals surface area contributed by atoms with Crippen LogP contribution in [0.5, 0.6) is 0 Å². The fourth-order valence-corrected chi connectivity index (χ4v) is 3.31. The van der Waals surface area contributed by atoms with Crippen molar-refractivity contribution in [2.24, 2.45) is 0 Å². The lowest BCUT2D eigenvalue weighted by atomic mass is 9.98. The smallest absolute Gasteiger partial charge is 0.147 e. The van der Waals surface area contributed by atoms with E-state index in [1.165, 1.54) is 0 Å². The predicted octanol–water partition coefficient (Wildman–Crippen LogP) is 4.12. The molecule has 3 aromatic heterocycles. The van der Waals surface area contributed by atoms with Crippen molar-refractivity contribution in [3.05, 3.63) is 77.2 Å². The second-order valence-corrected chi connectivity index (χ2v) is 6.35. The van der Waals surface area contributed by atoms with Crippen LogP contribution in [0.25, 0.3) is 16.6 Å². The van der Waals surface area contributed by atoms with Crippen molar-refractivity contribution in [1.29, 1.82) is 5.26 Å². The molecule has 3 heterocycles. The fraction of sp³-hybridized carbons (Fsp3) is 0.0500. The Hall–Kier alpha value is -3.56. The molecule has 0 spiro atoms. The van der Waals surface area contributed by atoms with E-state index >= 15 is 0 Å². The summed E-state index contributed by atoms with van der Waals surface area (Å²) >= 11 is 6.39. The summed E-state index contributed by atoms with van der Waals surface area (Å²) in [6, 6.07) is 15.2. The number of hydrogen-bond acceptors (Lipinski definition) is 5. The van der Waals surface area contributed by atoms with Gasteiger partial charge in [0.05, 0.1) is 17.4 Å². The van der Waals surface area contributed by atoms with Crippen LogP contribution in [0, 0.1) is 11.3 Å². The molecule has 0 atom stereocenters. The van der Waals surface area contributed by atoms with Crippen LogP contribution in [0.3, 0.4) is 0 Å². The molecule has 27 heavy (non-hydrogen) atoms. The zero-order valence-electron chi connectivity index (χ0n) is 14.2. The van der Waals surface area contributed by atoms with Gasteiger partial charge < -0.3 is 11.1 Å². The second kappa shape index (κ2) is 6.98. The minimum Gasteiger partial charge on any atom is -0.396 e. The summed E-state index contributed by atoms with van der Waals surface area (Å²) in [5, 5.41) is 18.1. The number of nitrogens with two attached hydrogens (primary N) is 1. The number of benzene rings is 1. The maximum Gasteiger partial charge on any atom is 0.147 e. The quantitative estimate of drug-likeness (QED) is 0.560. The number of hydrogen-bond donors (Lipinski definition) is 2. The Morgan fingerprint density at radius 1 is 1.15 bits per heavy atom. The Morgan fingerprint density at radius 3 is 2.74 bits per heavy atom. The molecule has 0 radical (unpaired) electrons. The average molecular weight is 375 g/mol. The molecule has 0 bridgehead atoms. The Labute approximate surface area is 160 Å². The van der Waals surface area contributed by atoms with Crippen molar-refractivity contribution in [3.8, 4) is 17.2 Å². The number of nitriles is 1. The van der Waals surface area contributed by atoms with Crippen molar-refractivity contribution < 1.29 is 0 Å². The minimum absolute atomic E-state index is 0.390. The first kappa shape index (κ1) is 16.9. The molecule has 0 aliphatic heterocycles. The summed E-state index contributed by atoms with van der Waals surface area (Å²) in [5.74, 6) is 0.561. The molecule has 7 heteroatoms. The molecular formula is C20H15ClN6. The maximum atomic E-state index is 9.93. The summed E-state index contributed by atoms with van der Waals surface area (Å²) in [6.45, 7) is 0.489. The van der Waals surface area contributed by atoms with Crippen molar-refractivity contribution in [2.45, 2.75) is 6.54 Å². The van der Waals surface area contributed by atoms with Gasteiger partial charge in [-0.2, -0.15) is 10.4 Å². The van der Waals surface area contributed by atoms with Gasteiger partial charge in [0.25, 0.3) is 0 Å². The molecule has 0 saturated heterocycles. The van der Waals surface area contributed by atoms with Gasteiger partial charge in [0.1, 0.15) is 17.5 Å². The number of nitrogen functional groups attached to an aromatic ring is 1. The number of rotatable bonds is 4. The van der Waals surface area contributed by atoms with E-state index in [1.807, 2.05) is 36.4 Å². The minimum atomic E-state index is 0.390. The number of fused-ring (bicyclic) bond motifs is 1. The Morgan fingerprint density at radius 2 is 2.00 bits per heavy atom. The highest BCUT2D eigenvalue weighted by molar-refractivity contribution is 6.33. The third-order valence-corrected chi connectivity index (χ3v) is 4.65. The molecule has 0 aliphatic rings. The van der Waals surface area contributed by atoms with E-state index < -0.39 is 0 Å². The van der Waals surface area contributed by atoms with Crippen LogP contribution in [0.1, 0.15) is 11.1 Å². The summed E-state index contributed by atoms with van der Waals surface area (Å²) in [6.07, 6.45) is 5.14. The molecule has 4 rings (SSSR count). The Bertz CT molecular complexity index is 1160. The van der Waals surface area contributed by atoms with Gasteiger partial charge in [-0.25, -0.2) is 4.52 Å². The van der Waals surface area contributed by atoms with E-state index in [0.717, 1.165) is 5.56 Å². The molecule has 3 N–H and O–H groups in total. The van der Waals surface area contributed by atoms with Gasteiger partial charge in [0.15, 0.2) is 0 Å². The predicted molar refractivity (Wildman–Crippen MR) is 106 cm³/mol. The highest BCUT2D eigenvalue weighted by Crippen LogP contribution is 2.40. The number of anilines is 2. The SMILES string of the molecule is N#Cc1c(-c2ccccc2Cl)c(N)c2ccnn2c1NCc1cccnc1. The lowest BCUT2D eigenvalue weighted by Gasteiger charge is -2.17. The number of nitrogens with zero attached hydrogens (tertiary/aromatic N) is 4. The zero-order chi connectivity index (χ0) is 18.8. The fourth-order valence-electron chi connectivity index (χ4n) is 3.08. The molecule has 0 amide bonds. The number of nitrogens with one attached hydrogen (secondary N) is 1. The van der Waals surface area contributed by atoms with Gasteiger partial charge in [0.2, 0.25) is 0 Å². The van der Waals surface area contributed by atoms with Crippen molar-refractivity contribution in [2.75, 3.05) is 11.1 Å². The molecule has 132 valence electrons.